The third-order valence-electron chi connectivity index (χ3n) is 3.81. The second-order valence-corrected chi connectivity index (χ2v) is 5.72. The molecule has 0 aliphatic carbocycles. The van der Waals surface area contributed by atoms with Gasteiger partial charge in [0.15, 0.2) is 0 Å². The van der Waals surface area contributed by atoms with Crippen LogP contribution in [0.1, 0.15) is 0 Å². The van der Waals surface area contributed by atoms with Crippen LogP contribution in [0.15, 0.2) is 69.2 Å². The molecule has 9 nitrogen and oxygen atoms in total. The lowest BCUT2D eigenvalue weighted by Crippen LogP contribution is -2.37. The zero-order valence-electron chi connectivity index (χ0n) is 14.8. The zero-order valence-corrected chi connectivity index (χ0v) is 14.8. The molecule has 0 radical (unpaired) electrons. The average molecular weight is 365 g/mol. The molecule has 0 unspecified atom stereocenters. The van der Waals surface area contributed by atoms with E-state index < -0.39 is 0 Å². The van der Waals surface area contributed by atoms with Gasteiger partial charge in [-0.3, -0.25) is 4.79 Å². The number of nitrogens with one attached hydrogen (secondary N) is 1. The number of hydrogen-bond donors (Lipinski definition) is 1. The van der Waals surface area contributed by atoms with Crippen LogP contribution in [-0.4, -0.2) is 31.5 Å². The van der Waals surface area contributed by atoms with E-state index in [9.17, 15) is 9.90 Å². The normalized spacial score (nSPS) is 12.1. The van der Waals surface area contributed by atoms with Crippen molar-refractivity contribution in [2.45, 2.75) is 0 Å². The molecule has 1 aliphatic rings. The minimum Gasteiger partial charge on any atom is -0.860 e. The molecule has 1 amide bonds. The van der Waals surface area contributed by atoms with Gasteiger partial charge >= 0.3 is 0 Å². The molecule has 1 aliphatic heterocycles. The highest BCUT2D eigenvalue weighted by atomic mass is 16.5. The van der Waals surface area contributed by atoms with Gasteiger partial charge in [-0.2, -0.15) is 0 Å². The summed E-state index contributed by atoms with van der Waals surface area (Å²) < 4.78 is 5.07. The zero-order chi connectivity index (χ0) is 19.2. The van der Waals surface area contributed by atoms with Gasteiger partial charge in [0, 0.05) is 18.0 Å². The van der Waals surface area contributed by atoms with Gasteiger partial charge in [0.2, 0.25) is 11.7 Å². The number of ether oxygens (including phenoxy) is 1. The topological polar surface area (TPSA) is 114 Å². The maximum absolute atomic E-state index is 12.5. The highest BCUT2D eigenvalue weighted by Gasteiger charge is 2.06. The predicted octanol–water partition coefficient (Wildman–Crippen LogP) is 0.590. The molecule has 1 N–H and O–H groups in total. The lowest BCUT2D eigenvalue weighted by molar-refractivity contribution is -0.270. The Morgan fingerprint density at radius 3 is 2.30 bits per heavy atom. The number of methoxy groups -OCH3 is 1. The standard InChI is InChI=1S/C18H18N6O3/c1-24(11-16(25)19-14-7-9-15(27-2)10-8-14)18(26)13-5-3-12(4-6-13)17-20-22-23-21-17/h3-10,26H,11H2,1-2H3,(H,19,25)/p-1. The van der Waals surface area contributed by atoms with Crippen LogP contribution in [0.25, 0.3) is 11.7 Å². The van der Waals surface area contributed by atoms with Crippen LogP contribution in [0.5, 0.6) is 5.75 Å². The molecule has 0 bridgehead atoms. The molecule has 2 aromatic carbocycles. The predicted molar refractivity (Wildman–Crippen MR) is 96.5 cm³/mol. The largest absolute Gasteiger partial charge is 0.860 e. The quantitative estimate of drug-likeness (QED) is 0.835. The molecule has 0 atom stereocenters. The van der Waals surface area contributed by atoms with Crippen molar-refractivity contribution in [1.82, 2.24) is 4.90 Å². The Morgan fingerprint density at radius 1 is 1.07 bits per heavy atom. The smallest absolute Gasteiger partial charge is 0.243 e. The first kappa shape index (κ1) is 18.1. The van der Waals surface area contributed by atoms with Crippen molar-refractivity contribution in [2.24, 2.45) is 20.7 Å². The van der Waals surface area contributed by atoms with Crippen LogP contribution < -0.4 is 25.6 Å². The fourth-order valence-corrected chi connectivity index (χ4v) is 2.40. The van der Waals surface area contributed by atoms with Crippen molar-refractivity contribution >= 4 is 23.3 Å². The molecule has 2 aromatic rings. The number of carbonyl (C=O) groups is 1. The summed E-state index contributed by atoms with van der Waals surface area (Å²) >= 11 is 0. The molecule has 9 heteroatoms. The van der Waals surface area contributed by atoms with Crippen LogP contribution in [0, 0.1) is 0 Å². The Labute approximate surface area is 155 Å². The molecule has 1 heterocycles. The summed E-state index contributed by atoms with van der Waals surface area (Å²) in [5.41, 5.74) is 0.628. The van der Waals surface area contributed by atoms with E-state index in [4.69, 9.17) is 4.74 Å². The van der Waals surface area contributed by atoms with Crippen LogP contribution in [0.3, 0.4) is 0 Å². The van der Waals surface area contributed by atoms with Gasteiger partial charge in [-0.15, -0.1) is 10.2 Å². The van der Waals surface area contributed by atoms with Gasteiger partial charge < -0.3 is 20.1 Å². The Hall–Kier alpha value is -3.75. The molecule has 0 aromatic heterocycles. The van der Waals surface area contributed by atoms with Crippen LogP contribution in [-0.2, 0) is 4.79 Å². The summed E-state index contributed by atoms with van der Waals surface area (Å²) in [6, 6.07) is 13.6. The van der Waals surface area contributed by atoms with Crippen molar-refractivity contribution in [1.29, 1.82) is 0 Å². The minimum atomic E-state index is -0.296. The Balaban J connectivity index is 1.68. The van der Waals surface area contributed by atoms with Crippen LogP contribution in [0.4, 0.5) is 5.69 Å². The molecule has 0 saturated carbocycles. The first-order valence-electron chi connectivity index (χ1n) is 8.05. The third-order valence-corrected chi connectivity index (χ3v) is 3.81. The summed E-state index contributed by atoms with van der Waals surface area (Å²) in [6.07, 6.45) is 0. The Morgan fingerprint density at radius 2 is 1.70 bits per heavy atom. The summed E-state index contributed by atoms with van der Waals surface area (Å²) in [5.74, 6) is 0.518. The number of likely N-dealkylation sites (N-methyl/N-ethyl adjacent to an activating group) is 1. The number of rotatable bonds is 5. The monoisotopic (exact) mass is 365 g/mol. The molecular formula is C18H17N6O3-. The van der Waals surface area contributed by atoms with E-state index in [2.05, 4.69) is 26.0 Å². The van der Waals surface area contributed by atoms with Crippen molar-refractivity contribution in [3.05, 3.63) is 59.0 Å². The van der Waals surface area contributed by atoms with Gasteiger partial charge in [-0.1, -0.05) is 24.3 Å². The van der Waals surface area contributed by atoms with E-state index >= 15 is 0 Å². The van der Waals surface area contributed by atoms with Gasteiger partial charge in [0.05, 0.1) is 13.7 Å². The SMILES string of the molecule is COc1ccc(NC(=O)CN(C)C([O-])=c2ccc(=C3N=NN=N3)cc2)cc1. The van der Waals surface area contributed by atoms with Crippen LogP contribution in [0.2, 0.25) is 0 Å². The van der Waals surface area contributed by atoms with E-state index in [1.165, 1.54) is 4.90 Å². The number of anilines is 1. The molecule has 138 valence electrons. The highest BCUT2D eigenvalue weighted by molar-refractivity contribution is 5.92. The van der Waals surface area contributed by atoms with Gasteiger partial charge in [0.25, 0.3) is 0 Å². The van der Waals surface area contributed by atoms with E-state index in [-0.39, 0.29) is 18.3 Å². The summed E-state index contributed by atoms with van der Waals surface area (Å²) in [7, 11) is 3.14. The van der Waals surface area contributed by atoms with Crippen molar-refractivity contribution in [3.63, 3.8) is 0 Å². The fraction of sp³-hybridized carbons (Fsp3) is 0.167. The number of nitrogens with zero attached hydrogens (tertiary/aromatic N) is 5. The fourth-order valence-electron chi connectivity index (χ4n) is 2.40. The van der Waals surface area contributed by atoms with Crippen LogP contribution >= 0.6 is 0 Å². The second kappa shape index (κ2) is 8.09. The molecule has 3 rings (SSSR count). The molecule has 0 spiro atoms. The summed E-state index contributed by atoms with van der Waals surface area (Å²) in [6.45, 7) is -0.0770. The van der Waals surface area contributed by atoms with E-state index in [1.54, 1.807) is 62.7 Å². The van der Waals surface area contributed by atoms with Crippen molar-refractivity contribution < 1.29 is 14.6 Å². The summed E-state index contributed by atoms with van der Waals surface area (Å²) in [5, 5.41) is 30.7. The van der Waals surface area contributed by atoms with E-state index in [0.717, 1.165) is 0 Å². The average Bonchev–Trinajstić information content (AvgIpc) is 3.23. The number of amides is 1. The van der Waals surface area contributed by atoms with Crippen molar-refractivity contribution in [3.8, 4) is 5.75 Å². The Kier molecular flexibility index (Phi) is 5.41. The van der Waals surface area contributed by atoms with E-state index in [0.29, 0.717) is 27.7 Å². The highest BCUT2D eigenvalue weighted by Crippen LogP contribution is 2.14. The Bertz CT molecular complexity index is 977. The van der Waals surface area contributed by atoms with Gasteiger partial charge in [-0.05, 0) is 45.8 Å². The number of carbonyl (C=O) groups excluding carboxylic acids is 1. The lowest BCUT2D eigenvalue weighted by atomic mass is 10.2. The van der Waals surface area contributed by atoms with Crippen molar-refractivity contribution in [2.75, 3.05) is 26.0 Å². The molecular weight excluding hydrogens is 348 g/mol. The maximum atomic E-state index is 12.5. The summed E-state index contributed by atoms with van der Waals surface area (Å²) in [4.78, 5) is 13.5. The molecule has 27 heavy (non-hydrogen) atoms. The van der Waals surface area contributed by atoms with Gasteiger partial charge in [0.1, 0.15) is 5.75 Å². The van der Waals surface area contributed by atoms with Gasteiger partial charge in [-0.25, -0.2) is 0 Å². The molecule has 0 saturated heterocycles. The number of benzene rings is 2. The first-order valence-corrected chi connectivity index (χ1v) is 8.05. The minimum absolute atomic E-state index is 0.0770. The number of hydrogen-bond acceptors (Lipinski definition) is 8. The lowest BCUT2D eigenvalue weighted by Gasteiger charge is -2.26. The first-order chi connectivity index (χ1) is 13.1. The molecule has 0 fully saturated rings. The maximum Gasteiger partial charge on any atom is 0.243 e. The second-order valence-electron chi connectivity index (χ2n) is 5.72. The van der Waals surface area contributed by atoms with E-state index in [1.807, 2.05) is 0 Å². The third kappa shape index (κ3) is 4.46.